The number of thiophene rings is 1. The maximum absolute atomic E-state index is 13.0. The van der Waals surface area contributed by atoms with Crippen molar-refractivity contribution >= 4 is 34.6 Å². The number of amides is 1. The summed E-state index contributed by atoms with van der Waals surface area (Å²) < 4.78 is 5.58. The number of furan rings is 1. The van der Waals surface area contributed by atoms with Crippen LogP contribution in [-0.4, -0.2) is 23.2 Å². The summed E-state index contributed by atoms with van der Waals surface area (Å²) in [4.78, 5) is 14.1. The van der Waals surface area contributed by atoms with Crippen molar-refractivity contribution in [2.45, 2.75) is 25.4 Å². The maximum Gasteiger partial charge on any atom is 0.257 e. The first-order chi connectivity index (χ1) is 13.6. The molecular formula is C21H20ClN3O2S. The second kappa shape index (κ2) is 8.31. The van der Waals surface area contributed by atoms with Crippen LogP contribution in [-0.2, 0) is 4.79 Å². The van der Waals surface area contributed by atoms with Gasteiger partial charge in [-0.25, -0.2) is 5.01 Å². The van der Waals surface area contributed by atoms with Crippen LogP contribution >= 0.6 is 22.9 Å². The molecule has 7 heteroatoms. The van der Waals surface area contributed by atoms with Crippen molar-refractivity contribution in [3.8, 4) is 0 Å². The summed E-state index contributed by atoms with van der Waals surface area (Å²) in [5, 5.41) is 12.2. The first kappa shape index (κ1) is 18.9. The van der Waals surface area contributed by atoms with Gasteiger partial charge in [0.05, 0.1) is 18.5 Å². The van der Waals surface area contributed by atoms with Crippen LogP contribution in [0.5, 0.6) is 0 Å². The van der Waals surface area contributed by atoms with Gasteiger partial charge in [-0.3, -0.25) is 4.79 Å². The van der Waals surface area contributed by atoms with E-state index in [-0.39, 0.29) is 24.5 Å². The van der Waals surface area contributed by atoms with Crippen LogP contribution in [0.4, 0.5) is 0 Å². The van der Waals surface area contributed by atoms with Gasteiger partial charge >= 0.3 is 0 Å². The molecule has 0 saturated heterocycles. The predicted octanol–water partition coefficient (Wildman–Crippen LogP) is 5.02. The molecule has 28 heavy (non-hydrogen) atoms. The zero-order valence-corrected chi connectivity index (χ0v) is 16.9. The Bertz CT molecular complexity index is 952. The van der Waals surface area contributed by atoms with Crippen LogP contribution in [0.1, 0.15) is 41.6 Å². The zero-order valence-electron chi connectivity index (χ0n) is 15.3. The van der Waals surface area contributed by atoms with Crippen LogP contribution in [0, 0.1) is 0 Å². The number of carbonyl (C=O) groups is 1. The first-order valence-corrected chi connectivity index (χ1v) is 10.3. The van der Waals surface area contributed by atoms with Crippen molar-refractivity contribution in [1.82, 2.24) is 10.3 Å². The molecule has 2 aromatic heterocycles. The Morgan fingerprint density at radius 3 is 2.82 bits per heavy atom. The Morgan fingerprint density at radius 2 is 2.14 bits per heavy atom. The maximum atomic E-state index is 13.0. The summed E-state index contributed by atoms with van der Waals surface area (Å²) in [5.74, 6) is 0.640. The van der Waals surface area contributed by atoms with Gasteiger partial charge in [0.2, 0.25) is 0 Å². The van der Waals surface area contributed by atoms with E-state index in [2.05, 4.69) is 23.4 Å². The summed E-state index contributed by atoms with van der Waals surface area (Å²) in [6, 6.07) is 15.1. The number of hydrogen-bond donors (Lipinski definition) is 1. The third-order valence-electron chi connectivity index (χ3n) is 4.74. The van der Waals surface area contributed by atoms with E-state index in [0.717, 1.165) is 17.0 Å². The van der Waals surface area contributed by atoms with E-state index in [9.17, 15) is 4.79 Å². The van der Waals surface area contributed by atoms with E-state index >= 15 is 0 Å². The SMILES string of the molecule is C[C@H](NCC(=O)N1N=C(c2ccc(Cl)cc2)C[C@@H]1c1ccco1)c1cccs1. The van der Waals surface area contributed by atoms with Crippen molar-refractivity contribution in [3.63, 3.8) is 0 Å². The highest BCUT2D eigenvalue weighted by Gasteiger charge is 2.34. The number of benzene rings is 1. The number of rotatable bonds is 6. The van der Waals surface area contributed by atoms with Gasteiger partial charge in [0, 0.05) is 22.4 Å². The van der Waals surface area contributed by atoms with Crippen LogP contribution in [0.25, 0.3) is 0 Å². The van der Waals surface area contributed by atoms with Crippen molar-refractivity contribution in [1.29, 1.82) is 0 Å². The summed E-state index contributed by atoms with van der Waals surface area (Å²) in [5.41, 5.74) is 1.80. The average Bonchev–Trinajstić information content (AvgIpc) is 3.47. The highest BCUT2D eigenvalue weighted by atomic mass is 35.5. The Labute approximate surface area is 172 Å². The van der Waals surface area contributed by atoms with E-state index in [4.69, 9.17) is 16.0 Å². The molecule has 1 aliphatic heterocycles. The van der Waals surface area contributed by atoms with Crippen LogP contribution < -0.4 is 5.32 Å². The van der Waals surface area contributed by atoms with Crippen molar-refractivity contribution in [2.75, 3.05) is 6.54 Å². The van der Waals surface area contributed by atoms with Crippen molar-refractivity contribution < 1.29 is 9.21 Å². The predicted molar refractivity (Wildman–Crippen MR) is 112 cm³/mol. The molecule has 1 amide bonds. The fraction of sp³-hybridized carbons (Fsp3) is 0.238. The lowest BCUT2D eigenvalue weighted by Gasteiger charge is -2.21. The normalized spacial score (nSPS) is 17.6. The topological polar surface area (TPSA) is 57.8 Å². The van der Waals surface area contributed by atoms with Gasteiger partial charge in [0.25, 0.3) is 5.91 Å². The molecular weight excluding hydrogens is 394 g/mol. The monoisotopic (exact) mass is 413 g/mol. The number of halogens is 1. The minimum absolute atomic E-state index is 0.0891. The molecule has 0 radical (unpaired) electrons. The molecule has 3 heterocycles. The zero-order chi connectivity index (χ0) is 19.5. The quantitative estimate of drug-likeness (QED) is 0.617. The fourth-order valence-corrected chi connectivity index (χ4v) is 4.10. The van der Waals surface area contributed by atoms with Crippen LogP contribution in [0.3, 0.4) is 0 Å². The molecule has 1 N–H and O–H groups in total. The molecule has 0 spiro atoms. The van der Waals surface area contributed by atoms with Crippen molar-refractivity contribution in [3.05, 3.63) is 81.4 Å². The summed E-state index contributed by atoms with van der Waals surface area (Å²) >= 11 is 7.67. The van der Waals surface area contributed by atoms with E-state index in [1.807, 2.05) is 47.8 Å². The molecule has 5 nitrogen and oxygen atoms in total. The molecule has 144 valence electrons. The number of carbonyl (C=O) groups excluding carboxylic acids is 1. The standard InChI is InChI=1S/C21H20ClN3O2S/c1-14(20-5-3-11-28-20)23-13-21(26)25-18(19-4-2-10-27-19)12-17(24-25)15-6-8-16(22)9-7-15/h2-11,14,18,23H,12-13H2,1H3/t14-,18+/m0/s1. The molecule has 2 atom stereocenters. The third kappa shape index (κ3) is 4.04. The van der Waals surface area contributed by atoms with Gasteiger partial charge in [-0.05, 0) is 48.2 Å². The van der Waals surface area contributed by atoms with E-state index in [1.54, 1.807) is 17.6 Å². The van der Waals surface area contributed by atoms with Gasteiger partial charge in [-0.2, -0.15) is 5.10 Å². The fourth-order valence-electron chi connectivity index (χ4n) is 3.22. The highest BCUT2D eigenvalue weighted by molar-refractivity contribution is 7.10. The summed E-state index contributed by atoms with van der Waals surface area (Å²) in [6.45, 7) is 2.25. The smallest absolute Gasteiger partial charge is 0.257 e. The number of nitrogens with zero attached hydrogens (tertiary/aromatic N) is 2. The van der Waals surface area contributed by atoms with E-state index < -0.39 is 0 Å². The molecule has 3 aromatic rings. The third-order valence-corrected chi connectivity index (χ3v) is 6.05. The van der Waals surface area contributed by atoms with Gasteiger partial charge in [-0.15, -0.1) is 11.3 Å². The van der Waals surface area contributed by atoms with Gasteiger partial charge < -0.3 is 9.73 Å². The van der Waals surface area contributed by atoms with Gasteiger partial charge in [0.1, 0.15) is 11.8 Å². The molecule has 1 aliphatic rings. The minimum atomic E-state index is -0.243. The highest BCUT2D eigenvalue weighted by Crippen LogP contribution is 2.33. The Morgan fingerprint density at radius 1 is 1.32 bits per heavy atom. The summed E-state index contributed by atoms with van der Waals surface area (Å²) in [6.07, 6.45) is 2.22. The minimum Gasteiger partial charge on any atom is -0.467 e. The Hall–Kier alpha value is -2.41. The van der Waals surface area contributed by atoms with Crippen LogP contribution in [0.15, 0.2) is 69.7 Å². The lowest BCUT2D eigenvalue weighted by atomic mass is 10.0. The molecule has 0 saturated carbocycles. The summed E-state index contributed by atoms with van der Waals surface area (Å²) in [7, 11) is 0. The Kier molecular flexibility index (Phi) is 5.62. The van der Waals surface area contributed by atoms with E-state index in [0.29, 0.717) is 11.4 Å². The molecule has 0 bridgehead atoms. The second-order valence-electron chi connectivity index (χ2n) is 6.65. The number of nitrogens with one attached hydrogen (secondary N) is 1. The lowest BCUT2D eigenvalue weighted by molar-refractivity contribution is -0.132. The van der Waals surface area contributed by atoms with E-state index in [1.165, 1.54) is 9.89 Å². The Balaban J connectivity index is 1.52. The lowest BCUT2D eigenvalue weighted by Crippen LogP contribution is -2.36. The molecule has 4 rings (SSSR count). The molecule has 0 aliphatic carbocycles. The number of hydrogen-bond acceptors (Lipinski definition) is 5. The molecule has 0 fully saturated rings. The largest absolute Gasteiger partial charge is 0.467 e. The second-order valence-corrected chi connectivity index (χ2v) is 8.06. The van der Waals surface area contributed by atoms with Crippen LogP contribution in [0.2, 0.25) is 5.02 Å². The average molecular weight is 414 g/mol. The van der Waals surface area contributed by atoms with Gasteiger partial charge in [-0.1, -0.05) is 29.8 Å². The molecule has 1 aromatic carbocycles. The number of hydrazone groups is 1. The van der Waals surface area contributed by atoms with Crippen molar-refractivity contribution in [2.24, 2.45) is 5.10 Å². The first-order valence-electron chi connectivity index (χ1n) is 9.07. The molecule has 0 unspecified atom stereocenters. The van der Waals surface area contributed by atoms with Gasteiger partial charge in [0.15, 0.2) is 0 Å².